The monoisotopic (exact) mass is 458 g/mol. The highest BCUT2D eigenvalue weighted by Gasteiger charge is 2.30. The van der Waals surface area contributed by atoms with Crippen LogP contribution in [0.25, 0.3) is 16.7 Å². The fourth-order valence-electron chi connectivity index (χ4n) is 3.88. The number of nitrogens with one attached hydrogen (secondary N) is 1. The van der Waals surface area contributed by atoms with Gasteiger partial charge in [-0.25, -0.2) is 4.98 Å². The van der Waals surface area contributed by atoms with Crippen molar-refractivity contribution in [2.24, 2.45) is 0 Å². The van der Waals surface area contributed by atoms with Gasteiger partial charge < -0.3 is 19.5 Å². The number of nitrogens with zero attached hydrogens (tertiary/aromatic N) is 3. The number of benzene rings is 2. The molecule has 10 heteroatoms. The van der Waals surface area contributed by atoms with Crippen LogP contribution in [0.3, 0.4) is 0 Å². The molecule has 1 atom stereocenters. The quantitative estimate of drug-likeness (QED) is 0.452. The summed E-state index contributed by atoms with van der Waals surface area (Å²) in [5.41, 5.74) is 0.564. The smallest absolute Gasteiger partial charge is 0.416 e. The van der Waals surface area contributed by atoms with Crippen molar-refractivity contribution >= 4 is 22.5 Å². The van der Waals surface area contributed by atoms with Crippen molar-refractivity contribution in [3.63, 3.8) is 0 Å². The summed E-state index contributed by atoms with van der Waals surface area (Å²) in [5.74, 6) is 2.04. The zero-order chi connectivity index (χ0) is 23.0. The second kappa shape index (κ2) is 8.43. The third-order valence-electron chi connectivity index (χ3n) is 5.53. The highest BCUT2D eigenvalue weighted by Crippen LogP contribution is 2.37. The van der Waals surface area contributed by atoms with E-state index in [4.69, 9.17) is 14.2 Å². The molecule has 4 aromatic rings. The molecular formula is C23H21F3N4O3. The number of rotatable bonds is 6. The molecule has 1 fully saturated rings. The third kappa shape index (κ3) is 4.25. The standard InChI is InChI=1S/C23H21F3N4O3/c1-31-19-11-18-17(10-20(19)33-16-5-8-32-13-16)21(29-22-27-6-7-30(18)22)28-12-14-3-2-4-15(9-14)23(24,25)26/h2-4,6-7,9-11,16H,5,8,12-13H2,1H3,(H,27,28,29)/t16-/m0/s1. The molecule has 33 heavy (non-hydrogen) atoms. The van der Waals surface area contributed by atoms with E-state index in [0.29, 0.717) is 41.9 Å². The number of methoxy groups -OCH3 is 1. The van der Waals surface area contributed by atoms with Crippen LogP contribution >= 0.6 is 0 Å². The summed E-state index contributed by atoms with van der Waals surface area (Å²) in [6.07, 6.45) is -0.289. The first-order chi connectivity index (χ1) is 15.9. The SMILES string of the molecule is COc1cc2c(cc1O[C@H]1CCOC1)c(NCc1cccc(C(F)(F)F)c1)nc1nccn12. The molecule has 1 aliphatic heterocycles. The number of fused-ring (bicyclic) bond motifs is 3. The van der Waals surface area contributed by atoms with Gasteiger partial charge in [0.2, 0.25) is 5.78 Å². The summed E-state index contributed by atoms with van der Waals surface area (Å²) in [6.45, 7) is 1.30. The Labute approximate surface area is 187 Å². The molecule has 2 aromatic heterocycles. The van der Waals surface area contributed by atoms with Gasteiger partial charge in [0, 0.05) is 36.8 Å². The maximum atomic E-state index is 13.1. The van der Waals surface area contributed by atoms with Crippen LogP contribution in [0.2, 0.25) is 0 Å². The van der Waals surface area contributed by atoms with Crippen molar-refractivity contribution in [2.45, 2.75) is 25.2 Å². The van der Waals surface area contributed by atoms with E-state index in [1.165, 1.54) is 6.07 Å². The predicted molar refractivity (Wildman–Crippen MR) is 116 cm³/mol. The second-order valence-electron chi connectivity index (χ2n) is 7.73. The van der Waals surface area contributed by atoms with E-state index in [9.17, 15) is 13.2 Å². The topological polar surface area (TPSA) is 69.9 Å². The molecule has 0 radical (unpaired) electrons. The first-order valence-electron chi connectivity index (χ1n) is 10.4. The van der Waals surface area contributed by atoms with Crippen LogP contribution in [0.1, 0.15) is 17.5 Å². The number of hydrogen-bond acceptors (Lipinski definition) is 6. The average Bonchev–Trinajstić information content (AvgIpc) is 3.48. The first-order valence-corrected chi connectivity index (χ1v) is 10.4. The Bertz CT molecular complexity index is 1300. The number of anilines is 1. The molecule has 2 aromatic carbocycles. The fourth-order valence-corrected chi connectivity index (χ4v) is 3.88. The van der Waals surface area contributed by atoms with Crippen LogP contribution in [0.15, 0.2) is 48.8 Å². The van der Waals surface area contributed by atoms with Crippen molar-refractivity contribution in [1.82, 2.24) is 14.4 Å². The minimum atomic E-state index is -4.40. The molecule has 5 rings (SSSR count). The molecule has 0 amide bonds. The van der Waals surface area contributed by atoms with E-state index in [1.54, 1.807) is 25.6 Å². The van der Waals surface area contributed by atoms with Crippen LogP contribution < -0.4 is 14.8 Å². The molecule has 0 aliphatic carbocycles. The number of imidazole rings is 1. The fraction of sp³-hybridized carbons (Fsp3) is 0.304. The van der Waals surface area contributed by atoms with Gasteiger partial charge in [-0.1, -0.05) is 12.1 Å². The second-order valence-corrected chi connectivity index (χ2v) is 7.73. The maximum absolute atomic E-state index is 13.1. The minimum absolute atomic E-state index is 0.0807. The van der Waals surface area contributed by atoms with Gasteiger partial charge in [0.1, 0.15) is 11.9 Å². The zero-order valence-electron chi connectivity index (χ0n) is 17.7. The van der Waals surface area contributed by atoms with Gasteiger partial charge in [0.25, 0.3) is 0 Å². The largest absolute Gasteiger partial charge is 0.493 e. The molecule has 0 unspecified atom stereocenters. The predicted octanol–water partition coefficient (Wildman–Crippen LogP) is 4.69. The van der Waals surface area contributed by atoms with Crippen LogP contribution in [-0.4, -0.2) is 40.8 Å². The van der Waals surface area contributed by atoms with Crippen LogP contribution in [0.4, 0.5) is 19.0 Å². The number of hydrogen-bond donors (Lipinski definition) is 1. The van der Waals surface area contributed by atoms with Gasteiger partial charge in [-0.2, -0.15) is 18.2 Å². The van der Waals surface area contributed by atoms with E-state index >= 15 is 0 Å². The van der Waals surface area contributed by atoms with Crippen molar-refractivity contribution in [1.29, 1.82) is 0 Å². The lowest BCUT2D eigenvalue weighted by Crippen LogP contribution is -2.16. The van der Waals surface area contributed by atoms with Crippen molar-refractivity contribution in [2.75, 3.05) is 25.6 Å². The van der Waals surface area contributed by atoms with E-state index in [-0.39, 0.29) is 12.6 Å². The molecule has 1 aliphatic rings. The summed E-state index contributed by atoms with van der Waals surface area (Å²) < 4.78 is 58.1. The molecule has 3 heterocycles. The molecule has 0 bridgehead atoms. The molecule has 1 N–H and O–H groups in total. The van der Waals surface area contributed by atoms with Gasteiger partial charge in [-0.05, 0) is 23.8 Å². The Morgan fingerprint density at radius 3 is 2.85 bits per heavy atom. The Balaban J connectivity index is 1.54. The first kappa shape index (κ1) is 21.3. The third-order valence-corrected chi connectivity index (χ3v) is 5.53. The Kier molecular flexibility index (Phi) is 5.45. The lowest BCUT2D eigenvalue weighted by atomic mass is 10.1. The van der Waals surface area contributed by atoms with Gasteiger partial charge in [0.05, 0.1) is 31.4 Å². The lowest BCUT2D eigenvalue weighted by molar-refractivity contribution is -0.137. The number of ether oxygens (including phenoxy) is 3. The van der Waals surface area contributed by atoms with Gasteiger partial charge in [-0.15, -0.1) is 0 Å². The summed E-state index contributed by atoms with van der Waals surface area (Å²) in [7, 11) is 1.57. The molecule has 1 saturated heterocycles. The van der Waals surface area contributed by atoms with Crippen LogP contribution in [0, 0.1) is 0 Å². The minimum Gasteiger partial charge on any atom is -0.493 e. The highest BCUT2D eigenvalue weighted by atomic mass is 19.4. The molecular weight excluding hydrogens is 437 g/mol. The summed E-state index contributed by atoms with van der Waals surface area (Å²) in [4.78, 5) is 8.84. The maximum Gasteiger partial charge on any atom is 0.416 e. The van der Waals surface area contributed by atoms with Gasteiger partial charge >= 0.3 is 6.18 Å². The van der Waals surface area contributed by atoms with E-state index in [2.05, 4.69) is 15.3 Å². The van der Waals surface area contributed by atoms with E-state index < -0.39 is 11.7 Å². The van der Waals surface area contributed by atoms with Gasteiger partial charge in [0.15, 0.2) is 11.5 Å². The van der Waals surface area contributed by atoms with Gasteiger partial charge in [-0.3, -0.25) is 4.40 Å². The van der Waals surface area contributed by atoms with E-state index in [0.717, 1.165) is 29.5 Å². The number of alkyl halides is 3. The summed E-state index contributed by atoms with van der Waals surface area (Å²) in [5, 5.41) is 3.89. The lowest BCUT2D eigenvalue weighted by Gasteiger charge is -2.18. The van der Waals surface area contributed by atoms with Crippen molar-refractivity contribution < 1.29 is 27.4 Å². The molecule has 172 valence electrons. The van der Waals surface area contributed by atoms with Crippen molar-refractivity contribution in [3.05, 3.63) is 59.9 Å². The Hall–Kier alpha value is -3.53. The molecule has 0 saturated carbocycles. The molecule has 7 nitrogen and oxygen atoms in total. The van der Waals surface area contributed by atoms with E-state index in [1.807, 2.05) is 16.5 Å². The van der Waals surface area contributed by atoms with Crippen LogP contribution in [0.5, 0.6) is 11.5 Å². The van der Waals surface area contributed by atoms with Crippen molar-refractivity contribution in [3.8, 4) is 11.5 Å². The normalized spacial score (nSPS) is 16.4. The number of aromatic nitrogens is 3. The number of halogens is 3. The summed E-state index contributed by atoms with van der Waals surface area (Å²) in [6, 6.07) is 8.87. The zero-order valence-corrected chi connectivity index (χ0v) is 17.7. The Morgan fingerprint density at radius 2 is 2.09 bits per heavy atom. The average molecular weight is 458 g/mol. The summed E-state index contributed by atoms with van der Waals surface area (Å²) >= 11 is 0. The Morgan fingerprint density at radius 1 is 1.21 bits per heavy atom. The van der Waals surface area contributed by atoms with Crippen LogP contribution in [-0.2, 0) is 17.5 Å². The highest BCUT2D eigenvalue weighted by molar-refractivity contribution is 5.93. The molecule has 0 spiro atoms.